The first-order valence-corrected chi connectivity index (χ1v) is 12.1. The number of carbonyl (C=O) groups is 1. The molecule has 0 bridgehead atoms. The Balaban J connectivity index is 1.59. The minimum atomic E-state index is 0.0492. The van der Waals surface area contributed by atoms with Crippen molar-refractivity contribution in [3.63, 3.8) is 0 Å². The molecule has 182 valence electrons. The number of aryl methyl sites for hydroxylation is 1. The lowest BCUT2D eigenvalue weighted by atomic mass is 10.00. The molecule has 6 heteroatoms. The fraction of sp³-hybridized carbons (Fsp3) is 0.556. The normalized spacial score (nSPS) is 11.7. The van der Waals surface area contributed by atoms with Crippen LogP contribution in [0.15, 0.2) is 42.6 Å². The van der Waals surface area contributed by atoms with Gasteiger partial charge in [0.05, 0.1) is 13.7 Å². The second-order valence-electron chi connectivity index (χ2n) is 8.40. The van der Waals surface area contributed by atoms with E-state index >= 15 is 0 Å². The van der Waals surface area contributed by atoms with Crippen molar-refractivity contribution in [2.45, 2.75) is 58.3 Å². The summed E-state index contributed by atoms with van der Waals surface area (Å²) in [5, 5.41) is 3.03. The number of amides is 1. The molecule has 1 aromatic heterocycles. The Bertz CT molecular complexity index is 798. The lowest BCUT2D eigenvalue weighted by Crippen LogP contribution is -2.31. The van der Waals surface area contributed by atoms with Gasteiger partial charge in [-0.3, -0.25) is 9.78 Å². The molecule has 2 aromatic rings. The predicted molar refractivity (Wildman–Crippen MR) is 132 cm³/mol. The summed E-state index contributed by atoms with van der Waals surface area (Å²) >= 11 is 0. The van der Waals surface area contributed by atoms with Crippen LogP contribution in [0.1, 0.15) is 56.7 Å². The Kier molecular flexibility index (Phi) is 13.0. The zero-order valence-corrected chi connectivity index (χ0v) is 20.5. The molecule has 1 amide bonds. The number of hydrogen-bond donors (Lipinski definition) is 1. The van der Waals surface area contributed by atoms with Crippen molar-refractivity contribution in [2.24, 2.45) is 5.92 Å². The average Bonchev–Trinajstić information content (AvgIpc) is 2.84. The van der Waals surface area contributed by atoms with Gasteiger partial charge in [0, 0.05) is 50.9 Å². The fourth-order valence-electron chi connectivity index (χ4n) is 3.67. The molecule has 1 atom stereocenters. The number of aromatic nitrogens is 1. The number of rotatable bonds is 17. The number of unbranched alkanes of at least 4 members (excludes halogenated alkanes) is 3. The van der Waals surface area contributed by atoms with Crippen LogP contribution in [0, 0.1) is 5.92 Å². The Morgan fingerprint density at radius 3 is 2.58 bits per heavy atom. The zero-order valence-electron chi connectivity index (χ0n) is 20.5. The molecule has 0 aliphatic rings. The zero-order chi connectivity index (χ0) is 23.7. The van der Waals surface area contributed by atoms with Gasteiger partial charge in [-0.15, -0.1) is 0 Å². The summed E-state index contributed by atoms with van der Waals surface area (Å²) in [4.78, 5) is 16.6. The van der Waals surface area contributed by atoms with E-state index in [-0.39, 0.29) is 11.8 Å². The van der Waals surface area contributed by atoms with E-state index in [0.717, 1.165) is 68.6 Å². The van der Waals surface area contributed by atoms with Gasteiger partial charge in [0.15, 0.2) is 11.5 Å². The molecule has 0 fully saturated rings. The van der Waals surface area contributed by atoms with Crippen LogP contribution in [-0.4, -0.2) is 44.9 Å². The van der Waals surface area contributed by atoms with E-state index in [9.17, 15) is 4.79 Å². The number of pyridine rings is 1. The Labute approximate surface area is 199 Å². The van der Waals surface area contributed by atoms with Crippen LogP contribution in [0.3, 0.4) is 0 Å². The molecule has 0 spiro atoms. The lowest BCUT2D eigenvalue weighted by Gasteiger charge is -2.13. The third-order valence-corrected chi connectivity index (χ3v) is 5.69. The highest BCUT2D eigenvalue weighted by Gasteiger charge is 2.12. The summed E-state index contributed by atoms with van der Waals surface area (Å²) in [6.45, 7) is 3.96. The smallest absolute Gasteiger partial charge is 0.222 e. The van der Waals surface area contributed by atoms with Crippen molar-refractivity contribution in [3.8, 4) is 11.5 Å². The minimum Gasteiger partial charge on any atom is -0.493 e. The number of nitrogens with zero attached hydrogens (tertiary/aromatic N) is 1. The van der Waals surface area contributed by atoms with Gasteiger partial charge in [0.1, 0.15) is 0 Å². The van der Waals surface area contributed by atoms with E-state index < -0.39 is 0 Å². The molecule has 1 heterocycles. The topological polar surface area (TPSA) is 69.7 Å². The third-order valence-electron chi connectivity index (χ3n) is 5.69. The first-order valence-electron chi connectivity index (χ1n) is 12.1. The highest BCUT2D eigenvalue weighted by molar-refractivity contribution is 5.78. The van der Waals surface area contributed by atoms with Gasteiger partial charge in [-0.05, 0) is 49.1 Å². The molecule has 0 saturated carbocycles. The molecule has 0 radical (unpaired) electrons. The van der Waals surface area contributed by atoms with Crippen molar-refractivity contribution in [3.05, 3.63) is 53.9 Å². The van der Waals surface area contributed by atoms with Crippen LogP contribution in [0.4, 0.5) is 0 Å². The maximum absolute atomic E-state index is 12.3. The van der Waals surface area contributed by atoms with Crippen LogP contribution in [0.25, 0.3) is 0 Å². The summed E-state index contributed by atoms with van der Waals surface area (Å²) in [6, 6.07) is 12.0. The highest BCUT2D eigenvalue weighted by atomic mass is 16.5. The summed E-state index contributed by atoms with van der Waals surface area (Å²) in [6.07, 6.45) is 9.84. The number of methoxy groups -OCH3 is 2. The fourth-order valence-corrected chi connectivity index (χ4v) is 3.67. The van der Waals surface area contributed by atoms with Crippen LogP contribution in [0.5, 0.6) is 11.5 Å². The number of nitrogens with one attached hydrogen (secondary N) is 1. The van der Waals surface area contributed by atoms with Crippen LogP contribution in [0.2, 0.25) is 0 Å². The first kappa shape index (κ1) is 26.7. The highest BCUT2D eigenvalue weighted by Crippen LogP contribution is 2.29. The van der Waals surface area contributed by atoms with E-state index in [1.54, 1.807) is 20.4 Å². The summed E-state index contributed by atoms with van der Waals surface area (Å²) in [5.74, 6) is 1.76. The van der Waals surface area contributed by atoms with E-state index in [1.165, 1.54) is 5.56 Å². The molecule has 1 aromatic carbocycles. The number of hydrogen-bond acceptors (Lipinski definition) is 5. The van der Waals surface area contributed by atoms with Gasteiger partial charge in [-0.1, -0.05) is 38.3 Å². The third kappa shape index (κ3) is 10.7. The second kappa shape index (κ2) is 16.1. The standard InChI is InChI=1S/C27H40N2O4/c1-22(27(30)29-18-16-24-13-8-9-17-28-24)11-6-4-5-7-12-23-14-15-25(32-3)26(21-23)33-20-10-19-31-2/h8-9,13-15,17,21-22H,4-7,10-12,16,18-20H2,1-3H3,(H,29,30)/t22-/m1/s1. The van der Waals surface area contributed by atoms with Gasteiger partial charge in [0.25, 0.3) is 0 Å². The molecule has 0 unspecified atom stereocenters. The quantitative estimate of drug-likeness (QED) is 0.340. The molecule has 0 aliphatic carbocycles. The Morgan fingerprint density at radius 1 is 0.970 bits per heavy atom. The molecular formula is C27H40N2O4. The van der Waals surface area contributed by atoms with E-state index in [4.69, 9.17) is 14.2 Å². The maximum atomic E-state index is 12.3. The van der Waals surface area contributed by atoms with Crippen molar-refractivity contribution in [1.82, 2.24) is 10.3 Å². The van der Waals surface area contributed by atoms with E-state index in [0.29, 0.717) is 19.8 Å². The molecule has 1 N–H and O–H groups in total. The SMILES string of the molecule is COCCCOc1cc(CCCCCC[C@@H](C)C(=O)NCCc2ccccn2)ccc1OC. The van der Waals surface area contributed by atoms with Crippen LogP contribution >= 0.6 is 0 Å². The number of ether oxygens (including phenoxy) is 3. The average molecular weight is 457 g/mol. The van der Waals surface area contributed by atoms with Crippen LogP contribution in [-0.2, 0) is 22.4 Å². The minimum absolute atomic E-state index is 0.0492. The molecular weight excluding hydrogens is 416 g/mol. The number of benzene rings is 1. The maximum Gasteiger partial charge on any atom is 0.222 e. The molecule has 0 saturated heterocycles. The van der Waals surface area contributed by atoms with Gasteiger partial charge < -0.3 is 19.5 Å². The molecule has 2 rings (SSSR count). The molecule has 6 nitrogen and oxygen atoms in total. The number of carbonyl (C=O) groups excluding carboxylic acids is 1. The molecule has 33 heavy (non-hydrogen) atoms. The van der Waals surface area contributed by atoms with Crippen molar-refractivity contribution in [2.75, 3.05) is 34.0 Å². The van der Waals surface area contributed by atoms with Gasteiger partial charge in [0.2, 0.25) is 5.91 Å². The van der Waals surface area contributed by atoms with E-state index in [1.807, 2.05) is 31.2 Å². The monoisotopic (exact) mass is 456 g/mol. The second-order valence-corrected chi connectivity index (χ2v) is 8.40. The van der Waals surface area contributed by atoms with Crippen molar-refractivity contribution < 1.29 is 19.0 Å². The first-order chi connectivity index (χ1) is 16.1. The summed E-state index contributed by atoms with van der Waals surface area (Å²) < 4.78 is 16.4. The van der Waals surface area contributed by atoms with Crippen LogP contribution < -0.4 is 14.8 Å². The predicted octanol–water partition coefficient (Wildman–Crippen LogP) is 4.99. The Hall–Kier alpha value is -2.60. The lowest BCUT2D eigenvalue weighted by molar-refractivity contribution is -0.124. The van der Waals surface area contributed by atoms with Crippen molar-refractivity contribution >= 4 is 5.91 Å². The van der Waals surface area contributed by atoms with Gasteiger partial charge >= 0.3 is 0 Å². The van der Waals surface area contributed by atoms with Gasteiger partial charge in [-0.2, -0.15) is 0 Å². The Morgan fingerprint density at radius 2 is 1.82 bits per heavy atom. The summed E-state index contributed by atoms with van der Waals surface area (Å²) in [7, 11) is 3.36. The van der Waals surface area contributed by atoms with E-state index in [2.05, 4.69) is 22.4 Å². The largest absolute Gasteiger partial charge is 0.493 e. The molecule has 0 aliphatic heterocycles. The van der Waals surface area contributed by atoms with Gasteiger partial charge in [-0.25, -0.2) is 0 Å². The van der Waals surface area contributed by atoms with Crippen molar-refractivity contribution in [1.29, 1.82) is 0 Å². The summed E-state index contributed by atoms with van der Waals surface area (Å²) in [5.41, 5.74) is 2.27.